The number of carbonyl (C=O) groups is 1. The highest BCUT2D eigenvalue weighted by Gasteiger charge is 2.32. The summed E-state index contributed by atoms with van der Waals surface area (Å²) in [6.07, 6.45) is 5.36. The van der Waals surface area contributed by atoms with Gasteiger partial charge >= 0.3 is 0 Å². The number of likely N-dealkylation sites (tertiary alicyclic amines) is 1. The SMILES string of the molecule is C[C@H]1CCCCN1Cc1c(O)ccc2c1O/C(=C\c1cccs1)C2=O. The number of hydrogen-bond acceptors (Lipinski definition) is 5. The minimum absolute atomic E-state index is 0.114. The van der Waals surface area contributed by atoms with Gasteiger partial charge in [0.1, 0.15) is 11.5 Å². The summed E-state index contributed by atoms with van der Waals surface area (Å²) >= 11 is 1.56. The molecule has 1 fully saturated rings. The molecule has 5 heteroatoms. The summed E-state index contributed by atoms with van der Waals surface area (Å²) in [4.78, 5) is 16.0. The molecule has 0 radical (unpaired) electrons. The fraction of sp³-hybridized carbons (Fsp3) is 0.350. The number of hydrogen-bond donors (Lipinski definition) is 1. The lowest BCUT2D eigenvalue weighted by Gasteiger charge is -2.33. The maximum atomic E-state index is 12.7. The number of piperidine rings is 1. The lowest BCUT2D eigenvalue weighted by atomic mass is 10.0. The van der Waals surface area contributed by atoms with Crippen molar-refractivity contribution in [2.24, 2.45) is 0 Å². The van der Waals surface area contributed by atoms with Gasteiger partial charge in [-0.3, -0.25) is 9.69 Å². The van der Waals surface area contributed by atoms with E-state index in [2.05, 4.69) is 11.8 Å². The number of ketones is 1. The first-order valence-electron chi connectivity index (χ1n) is 8.70. The molecule has 0 unspecified atom stereocenters. The van der Waals surface area contributed by atoms with Crippen LogP contribution in [0.15, 0.2) is 35.4 Å². The quantitative estimate of drug-likeness (QED) is 0.827. The Labute approximate surface area is 151 Å². The lowest BCUT2D eigenvalue weighted by Crippen LogP contribution is -2.36. The Morgan fingerprint density at radius 2 is 2.24 bits per heavy atom. The minimum atomic E-state index is -0.114. The third kappa shape index (κ3) is 3.10. The van der Waals surface area contributed by atoms with E-state index in [0.717, 1.165) is 11.4 Å². The van der Waals surface area contributed by atoms with Crippen molar-refractivity contribution in [2.45, 2.75) is 38.8 Å². The third-order valence-corrected chi connectivity index (χ3v) is 5.85. The van der Waals surface area contributed by atoms with E-state index in [9.17, 15) is 9.90 Å². The number of thiophene rings is 1. The number of Topliss-reactive ketones (excluding diaryl/α,β-unsaturated/α-hetero) is 1. The van der Waals surface area contributed by atoms with E-state index in [0.29, 0.717) is 35.2 Å². The summed E-state index contributed by atoms with van der Waals surface area (Å²) in [5.41, 5.74) is 1.26. The van der Waals surface area contributed by atoms with Gasteiger partial charge in [0, 0.05) is 23.5 Å². The van der Waals surface area contributed by atoms with Gasteiger partial charge in [0.05, 0.1) is 11.1 Å². The molecule has 3 heterocycles. The molecule has 2 aromatic rings. The maximum Gasteiger partial charge on any atom is 0.232 e. The molecular weight excluding hydrogens is 334 g/mol. The number of aromatic hydroxyl groups is 1. The van der Waals surface area contributed by atoms with Gasteiger partial charge in [-0.05, 0) is 49.9 Å². The lowest BCUT2D eigenvalue weighted by molar-refractivity contribution is 0.101. The minimum Gasteiger partial charge on any atom is -0.507 e. The molecular formula is C20H21NO3S. The first-order valence-corrected chi connectivity index (χ1v) is 9.58. The van der Waals surface area contributed by atoms with Crippen LogP contribution in [0.4, 0.5) is 0 Å². The largest absolute Gasteiger partial charge is 0.507 e. The van der Waals surface area contributed by atoms with Crippen LogP contribution in [-0.2, 0) is 6.54 Å². The molecule has 0 bridgehead atoms. The molecule has 130 valence electrons. The number of fused-ring (bicyclic) bond motifs is 1. The zero-order chi connectivity index (χ0) is 17.4. The van der Waals surface area contributed by atoms with Gasteiger partial charge in [-0.2, -0.15) is 0 Å². The highest BCUT2D eigenvalue weighted by Crippen LogP contribution is 2.40. The van der Waals surface area contributed by atoms with Crippen molar-refractivity contribution in [2.75, 3.05) is 6.54 Å². The van der Waals surface area contributed by atoms with E-state index in [1.807, 2.05) is 17.5 Å². The number of phenols is 1. The van der Waals surface area contributed by atoms with Crippen LogP contribution in [0.1, 0.15) is 47.0 Å². The standard InChI is InChI=1S/C20H21NO3S/c1-13-5-2-3-9-21(13)12-16-17(22)8-7-15-19(23)18(24-20(15)16)11-14-6-4-10-25-14/h4,6-8,10-11,13,22H,2-3,5,9,12H2,1H3/b18-11-/t13-/m0/s1. The van der Waals surface area contributed by atoms with Crippen LogP contribution in [-0.4, -0.2) is 28.4 Å². The molecule has 25 heavy (non-hydrogen) atoms. The molecule has 1 aromatic heterocycles. The normalized spacial score (nSPS) is 22.2. The second-order valence-electron chi connectivity index (χ2n) is 6.71. The molecule has 2 aliphatic heterocycles. The van der Waals surface area contributed by atoms with E-state index >= 15 is 0 Å². The van der Waals surface area contributed by atoms with E-state index in [1.165, 1.54) is 19.3 Å². The Morgan fingerprint density at radius 3 is 3.00 bits per heavy atom. The van der Waals surface area contributed by atoms with Crippen LogP contribution < -0.4 is 4.74 Å². The number of benzene rings is 1. The Kier molecular flexibility index (Phi) is 4.36. The summed E-state index contributed by atoms with van der Waals surface area (Å²) in [5.74, 6) is 0.930. The van der Waals surface area contributed by atoms with Gasteiger partial charge in [0.25, 0.3) is 0 Å². The Morgan fingerprint density at radius 1 is 1.36 bits per heavy atom. The number of allylic oxidation sites excluding steroid dienone is 1. The van der Waals surface area contributed by atoms with Crippen molar-refractivity contribution >= 4 is 23.2 Å². The Hall–Kier alpha value is -2.11. The van der Waals surface area contributed by atoms with E-state index in [1.54, 1.807) is 29.5 Å². The predicted octanol–water partition coefficient (Wildman–Crippen LogP) is 4.44. The summed E-state index contributed by atoms with van der Waals surface area (Å²) < 4.78 is 5.91. The van der Waals surface area contributed by atoms with Crippen molar-refractivity contribution < 1.29 is 14.6 Å². The topological polar surface area (TPSA) is 49.8 Å². The summed E-state index contributed by atoms with van der Waals surface area (Å²) in [5, 5.41) is 12.4. The molecule has 4 rings (SSSR count). The fourth-order valence-electron chi connectivity index (χ4n) is 3.55. The van der Waals surface area contributed by atoms with E-state index in [4.69, 9.17) is 4.74 Å². The average molecular weight is 355 g/mol. The molecule has 0 amide bonds. The number of nitrogens with zero attached hydrogens (tertiary/aromatic N) is 1. The monoisotopic (exact) mass is 355 g/mol. The highest BCUT2D eigenvalue weighted by molar-refractivity contribution is 7.10. The zero-order valence-electron chi connectivity index (χ0n) is 14.2. The molecule has 1 atom stereocenters. The molecule has 1 N–H and O–H groups in total. The van der Waals surface area contributed by atoms with Gasteiger partial charge in [0.15, 0.2) is 5.76 Å². The number of rotatable bonds is 3. The van der Waals surface area contributed by atoms with Gasteiger partial charge in [-0.15, -0.1) is 11.3 Å². The second kappa shape index (κ2) is 6.65. The molecule has 2 aliphatic rings. The van der Waals surface area contributed by atoms with Crippen molar-refractivity contribution in [3.63, 3.8) is 0 Å². The molecule has 0 aliphatic carbocycles. The average Bonchev–Trinajstić information content (AvgIpc) is 3.21. The van der Waals surface area contributed by atoms with Crippen LogP contribution in [0.25, 0.3) is 6.08 Å². The molecule has 0 saturated carbocycles. The Balaban J connectivity index is 1.67. The number of carbonyl (C=O) groups excluding carboxylic acids is 1. The van der Waals surface area contributed by atoms with Gasteiger partial charge in [-0.25, -0.2) is 0 Å². The van der Waals surface area contributed by atoms with Gasteiger partial charge < -0.3 is 9.84 Å². The van der Waals surface area contributed by atoms with Crippen molar-refractivity contribution in [1.29, 1.82) is 0 Å². The van der Waals surface area contributed by atoms with Crippen LogP contribution in [0.3, 0.4) is 0 Å². The van der Waals surface area contributed by atoms with E-state index < -0.39 is 0 Å². The van der Waals surface area contributed by atoms with Crippen molar-refractivity contribution in [3.8, 4) is 11.5 Å². The summed E-state index contributed by atoms with van der Waals surface area (Å²) in [6.45, 7) is 3.83. The fourth-order valence-corrected chi connectivity index (χ4v) is 4.19. The van der Waals surface area contributed by atoms with Gasteiger partial charge in [0.2, 0.25) is 5.78 Å². The van der Waals surface area contributed by atoms with Crippen LogP contribution in [0.2, 0.25) is 0 Å². The second-order valence-corrected chi connectivity index (χ2v) is 7.69. The highest BCUT2D eigenvalue weighted by atomic mass is 32.1. The zero-order valence-corrected chi connectivity index (χ0v) is 15.0. The van der Waals surface area contributed by atoms with Crippen LogP contribution in [0.5, 0.6) is 11.5 Å². The van der Waals surface area contributed by atoms with Crippen molar-refractivity contribution in [1.82, 2.24) is 4.90 Å². The maximum absolute atomic E-state index is 12.7. The van der Waals surface area contributed by atoms with Gasteiger partial charge in [-0.1, -0.05) is 12.5 Å². The first-order chi connectivity index (χ1) is 12.1. The van der Waals surface area contributed by atoms with Crippen LogP contribution in [0, 0.1) is 0 Å². The van der Waals surface area contributed by atoms with Crippen LogP contribution >= 0.6 is 11.3 Å². The molecule has 0 spiro atoms. The predicted molar refractivity (Wildman–Crippen MR) is 99.1 cm³/mol. The van der Waals surface area contributed by atoms with Crippen molar-refractivity contribution in [3.05, 3.63) is 51.4 Å². The molecule has 1 saturated heterocycles. The molecule has 1 aromatic carbocycles. The smallest absolute Gasteiger partial charge is 0.232 e. The Bertz CT molecular complexity index is 826. The number of ether oxygens (including phenoxy) is 1. The summed E-state index contributed by atoms with van der Waals surface area (Å²) in [7, 11) is 0. The first kappa shape index (κ1) is 16.4. The number of phenolic OH excluding ortho intramolecular Hbond substituents is 1. The molecule has 4 nitrogen and oxygen atoms in total. The summed E-state index contributed by atoms with van der Waals surface area (Å²) in [6, 6.07) is 7.63. The van der Waals surface area contributed by atoms with E-state index in [-0.39, 0.29) is 11.5 Å². The third-order valence-electron chi connectivity index (χ3n) is 5.03.